The van der Waals surface area contributed by atoms with E-state index in [0.717, 1.165) is 0 Å². The fraction of sp³-hybridized carbons (Fsp3) is 0.200. The van der Waals surface area contributed by atoms with Crippen LogP contribution in [0.25, 0.3) is 4.85 Å². The summed E-state index contributed by atoms with van der Waals surface area (Å²) in [5.74, 6) is 0.574. The second kappa shape index (κ2) is 1.66. The van der Waals surface area contributed by atoms with E-state index >= 15 is 0 Å². The predicted molar refractivity (Wildman–Crippen MR) is 29.5 cm³/mol. The maximum absolute atomic E-state index is 6.57. The quantitative estimate of drug-likeness (QED) is 0.453. The molecule has 0 fully saturated rings. The van der Waals surface area contributed by atoms with Gasteiger partial charge in [-0.25, -0.2) is 4.98 Å². The first-order valence-electron chi connectivity index (χ1n) is 2.18. The Bertz CT molecular complexity index is 218. The first-order valence-corrected chi connectivity index (χ1v) is 2.18. The maximum atomic E-state index is 6.57. The van der Waals surface area contributed by atoms with Gasteiger partial charge in [0.1, 0.15) is 0 Å². The van der Waals surface area contributed by atoms with Gasteiger partial charge in [0.05, 0.1) is 13.2 Å². The molecule has 0 saturated heterocycles. The fourth-order valence-corrected chi connectivity index (χ4v) is 0.458. The van der Waals surface area contributed by atoms with Crippen molar-refractivity contribution in [1.82, 2.24) is 9.55 Å². The smallest absolute Gasteiger partial charge is 0.249 e. The zero-order valence-corrected chi connectivity index (χ0v) is 4.50. The molecular formula is C5H5N3. The van der Waals surface area contributed by atoms with Crippen LogP contribution in [-0.2, 0) is 7.05 Å². The molecule has 0 aliphatic heterocycles. The third-order valence-corrected chi connectivity index (χ3v) is 0.906. The topological polar surface area (TPSA) is 22.2 Å². The molecular weight excluding hydrogens is 102 g/mol. The first kappa shape index (κ1) is 4.85. The molecule has 0 N–H and O–H groups in total. The highest BCUT2D eigenvalue weighted by Gasteiger charge is 1.91. The number of hydrogen-bond donors (Lipinski definition) is 0. The number of rotatable bonds is 0. The normalized spacial score (nSPS) is 8.50. The molecule has 3 heteroatoms. The minimum atomic E-state index is 0.574. The standard InChI is InChI=1S/C5H5N3/c1-6-5-3-7-4-8(5)2/h3-4H,2H3. The van der Waals surface area contributed by atoms with Gasteiger partial charge in [0.25, 0.3) is 0 Å². The minimum absolute atomic E-state index is 0.574. The van der Waals surface area contributed by atoms with Crippen molar-refractivity contribution >= 4 is 5.82 Å². The van der Waals surface area contributed by atoms with E-state index in [4.69, 9.17) is 6.57 Å². The average Bonchev–Trinajstić information content (AvgIpc) is 2.14. The van der Waals surface area contributed by atoms with Crippen molar-refractivity contribution in [1.29, 1.82) is 0 Å². The highest BCUT2D eigenvalue weighted by Crippen LogP contribution is 2.05. The molecule has 0 unspecified atom stereocenters. The van der Waals surface area contributed by atoms with Crippen molar-refractivity contribution in [3.63, 3.8) is 0 Å². The highest BCUT2D eigenvalue weighted by molar-refractivity contribution is 5.32. The van der Waals surface area contributed by atoms with Gasteiger partial charge in [-0.15, -0.1) is 0 Å². The highest BCUT2D eigenvalue weighted by atomic mass is 15.1. The summed E-state index contributed by atoms with van der Waals surface area (Å²) in [6.45, 7) is 6.57. The Balaban J connectivity index is 3.15. The van der Waals surface area contributed by atoms with Crippen LogP contribution in [0.1, 0.15) is 0 Å². The van der Waals surface area contributed by atoms with Gasteiger partial charge in [-0.1, -0.05) is 6.57 Å². The molecule has 0 aromatic carbocycles. The number of nitrogens with zero attached hydrogens (tertiary/aromatic N) is 3. The van der Waals surface area contributed by atoms with Crippen LogP contribution < -0.4 is 0 Å². The van der Waals surface area contributed by atoms with Crippen molar-refractivity contribution in [2.45, 2.75) is 0 Å². The summed E-state index contributed by atoms with van der Waals surface area (Å²) in [6, 6.07) is 0. The molecule has 40 valence electrons. The fourth-order valence-electron chi connectivity index (χ4n) is 0.458. The van der Waals surface area contributed by atoms with Crippen molar-refractivity contribution in [2.24, 2.45) is 7.05 Å². The molecule has 3 nitrogen and oxygen atoms in total. The molecule has 0 atom stereocenters. The van der Waals surface area contributed by atoms with Crippen LogP contribution in [0.3, 0.4) is 0 Å². The van der Waals surface area contributed by atoms with Gasteiger partial charge in [0.15, 0.2) is 6.33 Å². The van der Waals surface area contributed by atoms with E-state index in [9.17, 15) is 0 Å². The lowest BCUT2D eigenvalue weighted by atomic mass is 10.8. The zero-order chi connectivity index (χ0) is 5.98. The van der Waals surface area contributed by atoms with Gasteiger partial charge in [0, 0.05) is 0 Å². The second-order valence-electron chi connectivity index (χ2n) is 1.47. The molecule has 1 aromatic heterocycles. The second-order valence-corrected chi connectivity index (χ2v) is 1.47. The average molecular weight is 107 g/mol. The lowest BCUT2D eigenvalue weighted by Gasteiger charge is -1.84. The monoisotopic (exact) mass is 107 g/mol. The van der Waals surface area contributed by atoms with Crippen molar-refractivity contribution in [3.8, 4) is 0 Å². The van der Waals surface area contributed by atoms with E-state index in [2.05, 4.69) is 9.83 Å². The molecule has 1 heterocycles. The van der Waals surface area contributed by atoms with Crippen LogP contribution in [0.4, 0.5) is 5.82 Å². The third kappa shape index (κ3) is 0.562. The van der Waals surface area contributed by atoms with Crippen molar-refractivity contribution in [3.05, 3.63) is 23.9 Å². The summed E-state index contributed by atoms with van der Waals surface area (Å²) in [5.41, 5.74) is 0. The molecule has 0 spiro atoms. The molecule has 1 rings (SSSR count). The molecule has 1 aromatic rings. The van der Waals surface area contributed by atoms with Crippen molar-refractivity contribution in [2.75, 3.05) is 0 Å². The zero-order valence-electron chi connectivity index (χ0n) is 4.50. The van der Waals surface area contributed by atoms with Gasteiger partial charge in [0.2, 0.25) is 5.82 Å². The largest absolute Gasteiger partial charge is 0.363 e. The summed E-state index contributed by atoms with van der Waals surface area (Å²) in [7, 11) is 1.79. The van der Waals surface area contributed by atoms with Gasteiger partial charge in [-0.3, -0.25) is 4.57 Å². The van der Waals surface area contributed by atoms with E-state index in [1.54, 1.807) is 17.9 Å². The van der Waals surface area contributed by atoms with Crippen molar-refractivity contribution < 1.29 is 0 Å². The number of aromatic nitrogens is 2. The molecule has 0 amide bonds. The molecule has 8 heavy (non-hydrogen) atoms. The minimum Gasteiger partial charge on any atom is -0.363 e. The van der Waals surface area contributed by atoms with Crippen LogP contribution in [0.2, 0.25) is 0 Å². The maximum Gasteiger partial charge on any atom is 0.249 e. The summed E-state index contributed by atoms with van der Waals surface area (Å²) < 4.78 is 1.67. The van der Waals surface area contributed by atoms with Gasteiger partial charge in [-0.05, 0) is 0 Å². The molecule has 0 aliphatic carbocycles. The van der Waals surface area contributed by atoms with Gasteiger partial charge < -0.3 is 4.85 Å². The SMILES string of the molecule is [C-]#[N+]c1cncn1C. The number of hydrogen-bond acceptors (Lipinski definition) is 1. The Kier molecular flexibility index (Phi) is 1.01. The van der Waals surface area contributed by atoms with Crippen LogP contribution >= 0.6 is 0 Å². The third-order valence-electron chi connectivity index (χ3n) is 0.906. The summed E-state index contributed by atoms with van der Waals surface area (Å²) in [6.07, 6.45) is 3.14. The molecule has 0 bridgehead atoms. The van der Waals surface area contributed by atoms with E-state index < -0.39 is 0 Å². The molecule has 0 saturated carbocycles. The lowest BCUT2D eigenvalue weighted by Crippen LogP contribution is -1.79. The molecule has 0 aliphatic rings. The Hall–Kier alpha value is -1.30. The van der Waals surface area contributed by atoms with E-state index in [-0.39, 0.29) is 0 Å². The van der Waals surface area contributed by atoms with Crippen LogP contribution in [0, 0.1) is 6.57 Å². The Morgan fingerprint density at radius 3 is 2.88 bits per heavy atom. The Labute approximate surface area is 47.4 Å². The summed E-state index contributed by atoms with van der Waals surface area (Å²) >= 11 is 0. The molecule has 0 radical (unpaired) electrons. The summed E-state index contributed by atoms with van der Waals surface area (Å²) in [5, 5.41) is 0. The van der Waals surface area contributed by atoms with E-state index in [1.807, 2.05) is 0 Å². The first-order chi connectivity index (χ1) is 3.84. The van der Waals surface area contributed by atoms with Gasteiger partial charge in [-0.2, -0.15) is 0 Å². The van der Waals surface area contributed by atoms with Gasteiger partial charge >= 0.3 is 0 Å². The lowest BCUT2D eigenvalue weighted by molar-refractivity contribution is 0.930. The van der Waals surface area contributed by atoms with E-state index in [0.29, 0.717) is 5.82 Å². The van der Waals surface area contributed by atoms with E-state index in [1.165, 1.54) is 6.20 Å². The van der Waals surface area contributed by atoms with Crippen LogP contribution in [0.5, 0.6) is 0 Å². The Morgan fingerprint density at radius 2 is 2.62 bits per heavy atom. The Morgan fingerprint density at radius 1 is 1.88 bits per heavy atom. The summed E-state index contributed by atoms with van der Waals surface area (Å²) in [4.78, 5) is 6.92. The van der Waals surface area contributed by atoms with Crippen LogP contribution in [-0.4, -0.2) is 9.55 Å². The van der Waals surface area contributed by atoms with Crippen LogP contribution in [0.15, 0.2) is 12.5 Å². The predicted octanol–water partition coefficient (Wildman–Crippen LogP) is 0.971. The number of imidazole rings is 1. The number of aryl methyl sites for hydroxylation is 1.